The number of benzene rings is 1. The number of aryl methyl sites for hydroxylation is 1. The quantitative estimate of drug-likeness (QED) is 0.858. The van der Waals surface area contributed by atoms with E-state index in [4.69, 9.17) is 0 Å². The molecular weight excluding hydrogens is 250 g/mol. The van der Waals surface area contributed by atoms with Gasteiger partial charge in [-0.25, -0.2) is 4.79 Å². The highest BCUT2D eigenvalue weighted by Crippen LogP contribution is 2.19. The van der Waals surface area contributed by atoms with Crippen molar-refractivity contribution in [1.29, 1.82) is 0 Å². The highest BCUT2D eigenvalue weighted by atomic mass is 16.2. The average molecular weight is 269 g/mol. The summed E-state index contributed by atoms with van der Waals surface area (Å²) >= 11 is 0. The van der Waals surface area contributed by atoms with Gasteiger partial charge in [-0.1, -0.05) is 18.2 Å². The molecule has 0 N–H and O–H groups in total. The second kappa shape index (κ2) is 6.19. The van der Waals surface area contributed by atoms with Crippen molar-refractivity contribution in [1.82, 2.24) is 9.88 Å². The van der Waals surface area contributed by atoms with Crippen LogP contribution in [0.4, 0.5) is 10.5 Å². The summed E-state index contributed by atoms with van der Waals surface area (Å²) in [5, 5.41) is 0. The summed E-state index contributed by atoms with van der Waals surface area (Å²) in [5.41, 5.74) is 3.03. The van der Waals surface area contributed by atoms with Crippen molar-refractivity contribution >= 4 is 11.7 Å². The summed E-state index contributed by atoms with van der Waals surface area (Å²) in [6.45, 7) is 2.53. The minimum Gasteiger partial charge on any atom is -0.330 e. The zero-order chi connectivity index (χ0) is 14.5. The molecule has 0 saturated heterocycles. The number of aromatic nitrogens is 1. The van der Waals surface area contributed by atoms with Crippen LogP contribution in [-0.2, 0) is 6.54 Å². The fraction of sp³-hybridized carbons (Fsp3) is 0.250. The Morgan fingerprint density at radius 1 is 1.20 bits per heavy atom. The van der Waals surface area contributed by atoms with Crippen molar-refractivity contribution in [3.63, 3.8) is 0 Å². The number of urea groups is 1. The molecule has 0 aliphatic rings. The predicted octanol–water partition coefficient (Wildman–Crippen LogP) is 3.08. The number of pyridine rings is 1. The standard InChI is InChI=1S/C16H19N3O/c1-13-6-4-8-15(10-13)19(16(20)18(2)3)12-14-7-5-9-17-11-14/h4-11H,12H2,1-3H3. The Morgan fingerprint density at radius 2 is 2.00 bits per heavy atom. The molecule has 2 aromatic rings. The van der Waals surface area contributed by atoms with Gasteiger partial charge >= 0.3 is 6.03 Å². The summed E-state index contributed by atoms with van der Waals surface area (Å²) < 4.78 is 0. The van der Waals surface area contributed by atoms with Gasteiger partial charge in [0.1, 0.15) is 0 Å². The van der Waals surface area contributed by atoms with E-state index in [1.54, 1.807) is 36.3 Å². The van der Waals surface area contributed by atoms with Gasteiger partial charge < -0.3 is 4.90 Å². The van der Waals surface area contributed by atoms with Crippen LogP contribution >= 0.6 is 0 Å². The van der Waals surface area contributed by atoms with Gasteiger partial charge in [0, 0.05) is 32.2 Å². The van der Waals surface area contributed by atoms with Crippen molar-refractivity contribution in [3.05, 3.63) is 59.9 Å². The van der Waals surface area contributed by atoms with Gasteiger partial charge in [-0.2, -0.15) is 0 Å². The van der Waals surface area contributed by atoms with E-state index in [0.717, 1.165) is 16.8 Å². The molecule has 104 valence electrons. The van der Waals surface area contributed by atoms with Gasteiger partial charge in [0.15, 0.2) is 0 Å². The van der Waals surface area contributed by atoms with Crippen molar-refractivity contribution in [2.45, 2.75) is 13.5 Å². The van der Waals surface area contributed by atoms with Crippen LogP contribution in [0.1, 0.15) is 11.1 Å². The Labute approximate surface area is 119 Å². The molecule has 1 heterocycles. The van der Waals surface area contributed by atoms with Crippen LogP contribution in [0.3, 0.4) is 0 Å². The summed E-state index contributed by atoms with van der Waals surface area (Å²) in [4.78, 5) is 19.8. The van der Waals surface area contributed by atoms with Crippen molar-refractivity contribution in [2.75, 3.05) is 19.0 Å². The molecule has 4 nitrogen and oxygen atoms in total. The molecule has 0 unspecified atom stereocenters. The summed E-state index contributed by atoms with van der Waals surface area (Å²) in [7, 11) is 3.52. The first-order chi connectivity index (χ1) is 9.58. The van der Waals surface area contributed by atoms with E-state index >= 15 is 0 Å². The fourth-order valence-electron chi connectivity index (χ4n) is 1.98. The number of hydrogen-bond donors (Lipinski definition) is 0. The monoisotopic (exact) mass is 269 g/mol. The van der Waals surface area contributed by atoms with Crippen LogP contribution in [0.15, 0.2) is 48.8 Å². The van der Waals surface area contributed by atoms with E-state index in [2.05, 4.69) is 4.98 Å². The molecule has 2 rings (SSSR count). The SMILES string of the molecule is Cc1cccc(N(Cc2cccnc2)C(=O)N(C)C)c1. The Kier molecular flexibility index (Phi) is 4.35. The van der Waals surface area contributed by atoms with Gasteiger partial charge in [-0.15, -0.1) is 0 Å². The second-order valence-corrected chi connectivity index (χ2v) is 4.96. The maximum Gasteiger partial charge on any atom is 0.324 e. The number of rotatable bonds is 3. The largest absolute Gasteiger partial charge is 0.330 e. The molecule has 4 heteroatoms. The van der Waals surface area contributed by atoms with Gasteiger partial charge in [-0.3, -0.25) is 9.88 Å². The number of anilines is 1. The highest BCUT2D eigenvalue weighted by molar-refractivity contribution is 5.91. The molecule has 1 aromatic heterocycles. The maximum absolute atomic E-state index is 12.4. The zero-order valence-electron chi connectivity index (χ0n) is 12.1. The van der Waals surface area contributed by atoms with E-state index in [9.17, 15) is 4.79 Å². The lowest BCUT2D eigenvalue weighted by molar-refractivity contribution is 0.223. The Bertz CT molecular complexity index is 581. The molecule has 0 spiro atoms. The molecule has 0 radical (unpaired) electrons. The van der Waals surface area contributed by atoms with Crippen LogP contribution in [0.25, 0.3) is 0 Å². The van der Waals surface area contributed by atoms with Crippen LogP contribution in [0.2, 0.25) is 0 Å². The number of carbonyl (C=O) groups is 1. The maximum atomic E-state index is 12.4. The topological polar surface area (TPSA) is 36.4 Å². The molecule has 2 amide bonds. The molecule has 0 aliphatic carbocycles. The van der Waals surface area contributed by atoms with E-state index in [-0.39, 0.29) is 6.03 Å². The third-order valence-corrected chi connectivity index (χ3v) is 2.99. The van der Waals surface area contributed by atoms with E-state index in [1.807, 2.05) is 43.3 Å². The van der Waals surface area contributed by atoms with Crippen molar-refractivity contribution < 1.29 is 4.79 Å². The molecular formula is C16H19N3O. The Hall–Kier alpha value is -2.36. The van der Waals surface area contributed by atoms with E-state index in [0.29, 0.717) is 6.54 Å². The lowest BCUT2D eigenvalue weighted by Gasteiger charge is -2.26. The lowest BCUT2D eigenvalue weighted by atomic mass is 10.2. The first kappa shape index (κ1) is 14.1. The molecule has 0 saturated carbocycles. The Morgan fingerprint density at radius 3 is 2.60 bits per heavy atom. The minimum absolute atomic E-state index is 0.0422. The normalized spacial score (nSPS) is 10.2. The molecule has 0 fully saturated rings. The van der Waals surface area contributed by atoms with Crippen LogP contribution in [0, 0.1) is 6.92 Å². The Balaban J connectivity index is 2.32. The molecule has 1 aromatic carbocycles. The number of carbonyl (C=O) groups excluding carboxylic acids is 1. The minimum atomic E-state index is -0.0422. The van der Waals surface area contributed by atoms with Crippen LogP contribution in [-0.4, -0.2) is 30.0 Å². The van der Waals surface area contributed by atoms with Gasteiger partial charge in [0.2, 0.25) is 0 Å². The first-order valence-electron chi connectivity index (χ1n) is 6.52. The van der Waals surface area contributed by atoms with E-state index < -0.39 is 0 Å². The third kappa shape index (κ3) is 3.35. The van der Waals surface area contributed by atoms with Crippen molar-refractivity contribution in [3.8, 4) is 0 Å². The number of hydrogen-bond acceptors (Lipinski definition) is 2. The molecule has 0 atom stereocenters. The molecule has 0 bridgehead atoms. The highest BCUT2D eigenvalue weighted by Gasteiger charge is 2.18. The fourth-order valence-corrected chi connectivity index (χ4v) is 1.98. The number of amides is 2. The first-order valence-corrected chi connectivity index (χ1v) is 6.52. The van der Waals surface area contributed by atoms with Gasteiger partial charge in [0.25, 0.3) is 0 Å². The summed E-state index contributed by atoms with van der Waals surface area (Å²) in [6, 6.07) is 11.8. The molecule has 20 heavy (non-hydrogen) atoms. The predicted molar refractivity (Wildman–Crippen MR) is 80.7 cm³/mol. The van der Waals surface area contributed by atoms with Gasteiger partial charge in [-0.05, 0) is 36.2 Å². The van der Waals surface area contributed by atoms with E-state index in [1.165, 1.54) is 0 Å². The van der Waals surface area contributed by atoms with Gasteiger partial charge in [0.05, 0.1) is 6.54 Å². The molecule has 0 aliphatic heterocycles. The second-order valence-electron chi connectivity index (χ2n) is 4.96. The van der Waals surface area contributed by atoms with Crippen LogP contribution in [0.5, 0.6) is 0 Å². The third-order valence-electron chi connectivity index (χ3n) is 2.99. The van der Waals surface area contributed by atoms with Crippen molar-refractivity contribution in [2.24, 2.45) is 0 Å². The lowest BCUT2D eigenvalue weighted by Crippen LogP contribution is -2.38. The van der Waals surface area contributed by atoms with Crippen LogP contribution < -0.4 is 4.90 Å². The smallest absolute Gasteiger partial charge is 0.324 e. The zero-order valence-corrected chi connectivity index (χ0v) is 12.1. The summed E-state index contributed by atoms with van der Waals surface area (Å²) in [5.74, 6) is 0. The number of nitrogens with zero attached hydrogens (tertiary/aromatic N) is 3. The summed E-state index contributed by atoms with van der Waals surface area (Å²) in [6.07, 6.45) is 3.51. The average Bonchev–Trinajstić information content (AvgIpc) is 2.45.